The minimum atomic E-state index is -3.68. The van der Waals surface area contributed by atoms with E-state index in [0.717, 1.165) is 16.7 Å². The van der Waals surface area contributed by atoms with Crippen LogP contribution in [0.4, 0.5) is 8.78 Å². The molecule has 0 saturated heterocycles. The molecule has 5 nitrogen and oxygen atoms in total. The molecule has 3 heterocycles. The summed E-state index contributed by atoms with van der Waals surface area (Å²) < 4.78 is 33.2. The molecule has 3 aromatic heterocycles. The molecule has 108 valence electrons. The van der Waals surface area contributed by atoms with Gasteiger partial charge in [-0.2, -0.15) is 8.78 Å². The topological polar surface area (TPSA) is 67.7 Å². The van der Waals surface area contributed by atoms with Crippen molar-refractivity contribution >= 4 is 23.2 Å². The average Bonchev–Trinajstić information content (AvgIpc) is 3.05. The summed E-state index contributed by atoms with van der Waals surface area (Å²) in [6.07, 6.45) is 2.39. The van der Waals surface area contributed by atoms with E-state index in [1.807, 2.05) is 0 Å². The summed E-state index contributed by atoms with van der Waals surface area (Å²) in [6.45, 7) is 0. The van der Waals surface area contributed by atoms with Gasteiger partial charge >= 0.3 is 11.4 Å². The molecule has 0 amide bonds. The first kappa shape index (κ1) is 13.6. The first-order chi connectivity index (χ1) is 9.86. The lowest BCUT2D eigenvalue weighted by Gasteiger charge is -2.12. The van der Waals surface area contributed by atoms with Crippen molar-refractivity contribution in [3.05, 3.63) is 48.1 Å². The predicted molar refractivity (Wildman–Crippen MR) is 69.6 cm³/mol. The summed E-state index contributed by atoms with van der Waals surface area (Å²) in [6, 6.07) is 5.76. The summed E-state index contributed by atoms with van der Waals surface area (Å²) in [5.41, 5.74) is -0.580. The summed E-state index contributed by atoms with van der Waals surface area (Å²) in [4.78, 5) is 14.7. The van der Waals surface area contributed by atoms with Gasteiger partial charge in [-0.1, -0.05) is 0 Å². The number of carbonyl (C=O) groups is 1. The van der Waals surface area contributed by atoms with Gasteiger partial charge in [-0.3, -0.25) is 4.40 Å². The van der Waals surface area contributed by atoms with Crippen molar-refractivity contribution in [2.45, 2.75) is 5.38 Å². The molecule has 0 aromatic carbocycles. The van der Waals surface area contributed by atoms with Gasteiger partial charge in [-0.05, 0) is 35.9 Å². The Morgan fingerprint density at radius 3 is 2.76 bits per heavy atom. The highest BCUT2D eigenvalue weighted by Gasteiger charge is 2.32. The number of aromatic carboxylic acids is 1. The Morgan fingerprint density at radius 1 is 1.43 bits per heavy atom. The second-order valence-corrected chi connectivity index (χ2v) is 4.74. The fraction of sp³-hybridized carbons (Fsp3) is 0.0769. The number of rotatable bonds is 3. The van der Waals surface area contributed by atoms with Crippen molar-refractivity contribution in [1.29, 1.82) is 0 Å². The van der Waals surface area contributed by atoms with Crippen LogP contribution < -0.4 is 0 Å². The number of carboxylic acids is 1. The van der Waals surface area contributed by atoms with Crippen molar-refractivity contribution < 1.29 is 23.1 Å². The molecule has 0 unspecified atom stereocenters. The van der Waals surface area contributed by atoms with Gasteiger partial charge in [0.25, 0.3) is 0 Å². The summed E-state index contributed by atoms with van der Waals surface area (Å²) in [5.74, 6) is -0.971. The highest BCUT2D eigenvalue weighted by atomic mass is 35.5. The number of pyridine rings is 1. The molecule has 0 atom stereocenters. The smallest absolute Gasteiger partial charge is 0.363 e. The highest BCUT2D eigenvalue weighted by molar-refractivity contribution is 6.21. The van der Waals surface area contributed by atoms with Crippen molar-refractivity contribution in [1.82, 2.24) is 9.38 Å². The van der Waals surface area contributed by atoms with E-state index >= 15 is 0 Å². The number of halogens is 3. The molecule has 0 radical (unpaired) electrons. The molecule has 0 spiro atoms. The fourth-order valence-corrected chi connectivity index (χ4v) is 2.14. The third-order valence-electron chi connectivity index (χ3n) is 2.88. The van der Waals surface area contributed by atoms with Gasteiger partial charge in [-0.25, -0.2) is 9.78 Å². The molecule has 21 heavy (non-hydrogen) atoms. The molecule has 0 aliphatic rings. The maximum atomic E-state index is 13.6. The molecule has 0 aliphatic carbocycles. The lowest BCUT2D eigenvalue weighted by molar-refractivity contribution is 0.0690. The summed E-state index contributed by atoms with van der Waals surface area (Å²) in [5, 5.41) is 5.23. The second kappa shape index (κ2) is 4.56. The number of hydrogen-bond acceptors (Lipinski definition) is 3. The van der Waals surface area contributed by atoms with Crippen molar-refractivity contribution in [3.63, 3.8) is 0 Å². The molecule has 0 saturated carbocycles. The first-order valence-electron chi connectivity index (χ1n) is 5.74. The van der Waals surface area contributed by atoms with Crippen LogP contribution in [-0.4, -0.2) is 20.5 Å². The largest absolute Gasteiger partial charge is 0.476 e. The third-order valence-corrected chi connectivity index (χ3v) is 3.08. The standard InChI is InChI=1S/C13H7ClF2N2O3/c14-13(15,16)10-4-7(9-2-1-3-21-9)5-11-17-8(12(19)20)6-18(10)11/h1-6H,(H,19,20). The molecule has 1 N–H and O–H groups in total. The van der Waals surface area contributed by atoms with Gasteiger partial charge < -0.3 is 9.52 Å². The number of fused-ring (bicyclic) bond motifs is 1. The van der Waals surface area contributed by atoms with Gasteiger partial charge in [-0.15, -0.1) is 0 Å². The number of furan rings is 1. The van der Waals surface area contributed by atoms with E-state index in [9.17, 15) is 13.6 Å². The quantitative estimate of drug-likeness (QED) is 0.751. The van der Waals surface area contributed by atoms with Crippen LogP contribution >= 0.6 is 11.6 Å². The molecular formula is C13H7ClF2N2O3. The number of imidazole rings is 1. The first-order valence-corrected chi connectivity index (χ1v) is 6.11. The van der Waals surface area contributed by atoms with Crippen LogP contribution in [0.5, 0.6) is 0 Å². The van der Waals surface area contributed by atoms with E-state index in [4.69, 9.17) is 21.1 Å². The molecule has 0 bridgehead atoms. The SMILES string of the molecule is O=C(O)c1cn2c(C(F)(F)Cl)cc(-c3ccco3)cc2n1. The van der Waals surface area contributed by atoms with Gasteiger partial charge in [0.1, 0.15) is 17.1 Å². The van der Waals surface area contributed by atoms with Gasteiger partial charge in [0.2, 0.25) is 0 Å². The van der Waals surface area contributed by atoms with Crippen molar-refractivity contribution in [2.75, 3.05) is 0 Å². The minimum absolute atomic E-state index is 0.0385. The highest BCUT2D eigenvalue weighted by Crippen LogP contribution is 2.35. The third kappa shape index (κ3) is 2.36. The van der Waals surface area contributed by atoms with Crippen molar-refractivity contribution in [2.24, 2.45) is 0 Å². The lowest BCUT2D eigenvalue weighted by atomic mass is 10.1. The number of aromatic nitrogens is 2. The van der Waals surface area contributed by atoms with E-state index in [0.29, 0.717) is 11.3 Å². The van der Waals surface area contributed by atoms with Crippen molar-refractivity contribution in [3.8, 4) is 11.3 Å². The molecule has 0 aliphatic heterocycles. The Labute approximate surface area is 121 Å². The maximum absolute atomic E-state index is 13.6. The number of nitrogens with zero attached hydrogens (tertiary/aromatic N) is 2. The van der Waals surface area contributed by atoms with Gasteiger partial charge in [0.15, 0.2) is 5.69 Å². The Bertz CT molecular complexity index is 822. The Balaban J connectivity index is 2.32. The second-order valence-electron chi connectivity index (χ2n) is 4.26. The predicted octanol–water partition coefficient (Wildman–Crippen LogP) is 3.58. The summed E-state index contributed by atoms with van der Waals surface area (Å²) in [7, 11) is 0. The normalized spacial score (nSPS) is 12.0. The lowest BCUT2D eigenvalue weighted by Crippen LogP contribution is -2.10. The average molecular weight is 313 g/mol. The minimum Gasteiger partial charge on any atom is -0.476 e. The van der Waals surface area contributed by atoms with Crippen LogP contribution in [0.2, 0.25) is 0 Å². The Morgan fingerprint density at radius 2 is 2.19 bits per heavy atom. The monoisotopic (exact) mass is 312 g/mol. The van der Waals surface area contributed by atoms with Gasteiger partial charge in [0, 0.05) is 11.8 Å². The number of hydrogen-bond donors (Lipinski definition) is 1. The number of carboxylic acid groups (broad SMARTS) is 1. The molecule has 3 aromatic rings. The molecule has 8 heteroatoms. The Hall–Kier alpha value is -2.41. The fourth-order valence-electron chi connectivity index (χ4n) is 1.99. The van der Waals surface area contributed by atoms with E-state index in [-0.39, 0.29) is 11.3 Å². The zero-order chi connectivity index (χ0) is 15.2. The maximum Gasteiger partial charge on any atom is 0.363 e. The van der Waals surface area contributed by atoms with E-state index in [1.54, 1.807) is 12.1 Å². The zero-order valence-electron chi connectivity index (χ0n) is 10.3. The van der Waals surface area contributed by atoms with Crippen LogP contribution in [0.3, 0.4) is 0 Å². The number of alkyl halides is 3. The van der Waals surface area contributed by atoms with Gasteiger partial charge in [0.05, 0.1) is 6.26 Å². The van der Waals surface area contributed by atoms with Crippen LogP contribution in [0.25, 0.3) is 17.0 Å². The molecular weight excluding hydrogens is 306 g/mol. The van der Waals surface area contributed by atoms with Crippen LogP contribution in [0.15, 0.2) is 41.1 Å². The van der Waals surface area contributed by atoms with E-state index in [2.05, 4.69) is 4.98 Å². The Kier molecular flexibility index (Phi) is 2.94. The summed E-state index contributed by atoms with van der Waals surface area (Å²) >= 11 is 5.10. The zero-order valence-corrected chi connectivity index (χ0v) is 11.0. The van der Waals surface area contributed by atoms with E-state index < -0.39 is 17.0 Å². The molecule has 0 fully saturated rings. The van der Waals surface area contributed by atoms with Crippen LogP contribution in [-0.2, 0) is 5.38 Å². The van der Waals surface area contributed by atoms with E-state index in [1.165, 1.54) is 12.3 Å². The van der Waals surface area contributed by atoms with Crippen LogP contribution in [0, 0.1) is 0 Å². The molecule has 3 rings (SSSR count). The van der Waals surface area contributed by atoms with Crippen LogP contribution in [0.1, 0.15) is 16.2 Å².